The SMILES string of the molecule is CNc1cc(S(=O)(=O)O)cc(S(=O)(=O)O)c1. The van der Waals surface area contributed by atoms with Gasteiger partial charge in [-0.15, -0.1) is 0 Å². The maximum Gasteiger partial charge on any atom is 0.294 e. The molecule has 0 spiro atoms. The fourth-order valence-electron chi connectivity index (χ4n) is 1.01. The van der Waals surface area contributed by atoms with Crippen LogP contribution in [0.2, 0.25) is 0 Å². The van der Waals surface area contributed by atoms with Crippen LogP contribution in [-0.4, -0.2) is 33.0 Å². The maximum atomic E-state index is 10.8. The standard InChI is InChI=1S/C7H9NO6S2/c1-8-5-2-6(15(9,10)11)4-7(3-5)16(12,13)14/h2-4,8H,1H3,(H,9,10,11)(H,12,13,14). The third kappa shape index (κ3) is 2.92. The van der Waals surface area contributed by atoms with E-state index >= 15 is 0 Å². The zero-order valence-electron chi connectivity index (χ0n) is 8.08. The molecule has 0 aliphatic carbocycles. The van der Waals surface area contributed by atoms with Gasteiger partial charge >= 0.3 is 0 Å². The minimum atomic E-state index is -4.53. The van der Waals surface area contributed by atoms with Crippen molar-refractivity contribution in [2.45, 2.75) is 9.79 Å². The highest BCUT2D eigenvalue weighted by atomic mass is 32.2. The lowest BCUT2D eigenvalue weighted by Crippen LogP contribution is -2.04. The van der Waals surface area contributed by atoms with Gasteiger partial charge in [-0.3, -0.25) is 9.11 Å². The first-order valence-electron chi connectivity index (χ1n) is 3.92. The first kappa shape index (κ1) is 12.9. The van der Waals surface area contributed by atoms with Crippen molar-refractivity contribution in [2.75, 3.05) is 12.4 Å². The summed E-state index contributed by atoms with van der Waals surface area (Å²) in [6.45, 7) is 0. The van der Waals surface area contributed by atoms with E-state index in [-0.39, 0.29) is 5.69 Å². The smallest absolute Gasteiger partial charge is 0.294 e. The normalized spacial score (nSPS) is 12.4. The Bertz CT molecular complexity index is 554. The molecule has 0 amide bonds. The van der Waals surface area contributed by atoms with Gasteiger partial charge in [-0.05, 0) is 18.2 Å². The Morgan fingerprint density at radius 1 is 0.938 bits per heavy atom. The van der Waals surface area contributed by atoms with Crippen LogP contribution >= 0.6 is 0 Å². The predicted octanol–water partition coefficient (Wildman–Crippen LogP) is 0.222. The molecule has 7 nitrogen and oxygen atoms in total. The molecule has 0 aliphatic rings. The zero-order valence-corrected chi connectivity index (χ0v) is 9.71. The molecule has 0 bridgehead atoms. The topological polar surface area (TPSA) is 121 Å². The maximum absolute atomic E-state index is 10.8. The van der Waals surface area contributed by atoms with E-state index in [2.05, 4.69) is 5.32 Å². The summed E-state index contributed by atoms with van der Waals surface area (Å²) in [5.74, 6) is 0. The van der Waals surface area contributed by atoms with Crippen molar-refractivity contribution >= 4 is 25.9 Å². The summed E-state index contributed by atoms with van der Waals surface area (Å²) in [6.07, 6.45) is 0. The number of benzene rings is 1. The fourth-order valence-corrected chi connectivity index (χ4v) is 2.19. The molecule has 0 radical (unpaired) electrons. The average Bonchev–Trinajstić information content (AvgIpc) is 2.14. The van der Waals surface area contributed by atoms with E-state index in [4.69, 9.17) is 9.11 Å². The predicted molar refractivity (Wildman–Crippen MR) is 55.6 cm³/mol. The van der Waals surface area contributed by atoms with Crippen molar-refractivity contribution in [2.24, 2.45) is 0 Å². The minimum Gasteiger partial charge on any atom is -0.388 e. The molecular weight excluding hydrogens is 258 g/mol. The lowest BCUT2D eigenvalue weighted by Gasteiger charge is -2.05. The van der Waals surface area contributed by atoms with E-state index in [1.54, 1.807) is 0 Å². The molecule has 0 unspecified atom stereocenters. The number of anilines is 1. The van der Waals surface area contributed by atoms with Gasteiger partial charge < -0.3 is 5.32 Å². The third-order valence-corrected chi connectivity index (χ3v) is 3.43. The highest BCUT2D eigenvalue weighted by Crippen LogP contribution is 2.21. The van der Waals surface area contributed by atoms with E-state index < -0.39 is 30.0 Å². The molecule has 90 valence electrons. The highest BCUT2D eigenvalue weighted by molar-refractivity contribution is 7.86. The van der Waals surface area contributed by atoms with Gasteiger partial charge in [0.05, 0.1) is 9.79 Å². The summed E-state index contributed by atoms with van der Waals surface area (Å²) >= 11 is 0. The largest absolute Gasteiger partial charge is 0.388 e. The van der Waals surface area contributed by atoms with Crippen molar-refractivity contribution in [1.29, 1.82) is 0 Å². The zero-order chi connectivity index (χ0) is 12.6. The Balaban J connectivity index is 3.58. The molecule has 1 rings (SSSR count). The van der Waals surface area contributed by atoms with Crippen LogP contribution in [0.1, 0.15) is 0 Å². The Morgan fingerprint density at radius 3 is 1.56 bits per heavy atom. The Morgan fingerprint density at radius 2 is 1.31 bits per heavy atom. The molecule has 0 heterocycles. The molecule has 0 atom stereocenters. The number of hydrogen-bond acceptors (Lipinski definition) is 5. The van der Waals surface area contributed by atoms with Gasteiger partial charge in [0.1, 0.15) is 0 Å². The third-order valence-electron chi connectivity index (χ3n) is 1.76. The van der Waals surface area contributed by atoms with Crippen LogP contribution in [0, 0.1) is 0 Å². The molecule has 16 heavy (non-hydrogen) atoms. The first-order valence-corrected chi connectivity index (χ1v) is 6.80. The van der Waals surface area contributed by atoms with E-state index in [9.17, 15) is 16.8 Å². The molecule has 9 heteroatoms. The van der Waals surface area contributed by atoms with Crippen LogP contribution in [0.3, 0.4) is 0 Å². The van der Waals surface area contributed by atoms with Gasteiger partial charge in [-0.2, -0.15) is 16.8 Å². The van der Waals surface area contributed by atoms with Crippen LogP contribution in [0.4, 0.5) is 5.69 Å². The van der Waals surface area contributed by atoms with E-state index in [0.717, 1.165) is 12.1 Å². The van der Waals surface area contributed by atoms with Crippen LogP contribution in [-0.2, 0) is 20.2 Å². The van der Waals surface area contributed by atoms with Gasteiger partial charge in [0.15, 0.2) is 0 Å². The molecule has 3 N–H and O–H groups in total. The van der Waals surface area contributed by atoms with Gasteiger partial charge in [-0.25, -0.2) is 0 Å². The summed E-state index contributed by atoms with van der Waals surface area (Å²) in [5, 5.41) is 2.50. The monoisotopic (exact) mass is 267 g/mol. The molecule has 1 aromatic rings. The van der Waals surface area contributed by atoms with Crippen LogP contribution < -0.4 is 5.32 Å². The van der Waals surface area contributed by atoms with Crippen LogP contribution in [0.15, 0.2) is 28.0 Å². The average molecular weight is 267 g/mol. The second kappa shape index (κ2) is 4.01. The van der Waals surface area contributed by atoms with E-state index in [1.165, 1.54) is 7.05 Å². The van der Waals surface area contributed by atoms with Crippen molar-refractivity contribution in [3.63, 3.8) is 0 Å². The number of nitrogens with one attached hydrogen (secondary N) is 1. The van der Waals surface area contributed by atoms with Crippen LogP contribution in [0.5, 0.6) is 0 Å². The van der Waals surface area contributed by atoms with Crippen LogP contribution in [0.25, 0.3) is 0 Å². The van der Waals surface area contributed by atoms with Gasteiger partial charge in [0, 0.05) is 12.7 Å². The quantitative estimate of drug-likeness (QED) is 0.670. The summed E-state index contributed by atoms with van der Waals surface area (Å²) in [4.78, 5) is -1.24. The Kier molecular flexibility index (Phi) is 3.24. The second-order valence-electron chi connectivity index (χ2n) is 2.89. The molecule has 0 saturated carbocycles. The fraction of sp³-hybridized carbons (Fsp3) is 0.143. The van der Waals surface area contributed by atoms with E-state index in [1.807, 2.05) is 0 Å². The molecular formula is C7H9NO6S2. The summed E-state index contributed by atoms with van der Waals surface area (Å²) in [7, 11) is -7.64. The van der Waals surface area contributed by atoms with E-state index in [0.29, 0.717) is 6.07 Å². The Hall–Kier alpha value is -1.16. The van der Waals surface area contributed by atoms with Crippen molar-refractivity contribution in [3.8, 4) is 0 Å². The molecule has 0 fully saturated rings. The summed E-state index contributed by atoms with van der Waals surface area (Å²) < 4.78 is 60.9. The molecule has 1 aromatic carbocycles. The molecule has 0 aliphatic heterocycles. The van der Waals surface area contributed by atoms with Crippen molar-refractivity contribution in [1.82, 2.24) is 0 Å². The lowest BCUT2D eigenvalue weighted by molar-refractivity contribution is 0.481. The number of hydrogen-bond donors (Lipinski definition) is 3. The Labute approximate surface area is 92.6 Å². The van der Waals surface area contributed by atoms with Gasteiger partial charge in [-0.1, -0.05) is 0 Å². The molecule has 0 aromatic heterocycles. The van der Waals surface area contributed by atoms with Crippen molar-refractivity contribution < 1.29 is 25.9 Å². The highest BCUT2D eigenvalue weighted by Gasteiger charge is 2.17. The number of rotatable bonds is 3. The second-order valence-corrected chi connectivity index (χ2v) is 5.74. The molecule has 0 saturated heterocycles. The van der Waals surface area contributed by atoms with Crippen molar-refractivity contribution in [3.05, 3.63) is 18.2 Å². The minimum absolute atomic E-state index is 0.128. The summed E-state index contributed by atoms with van der Waals surface area (Å²) in [6, 6.07) is 2.72. The lowest BCUT2D eigenvalue weighted by atomic mass is 10.3. The van der Waals surface area contributed by atoms with Gasteiger partial charge in [0.2, 0.25) is 0 Å². The van der Waals surface area contributed by atoms with Gasteiger partial charge in [0.25, 0.3) is 20.2 Å². The first-order chi connectivity index (χ1) is 7.14. The summed E-state index contributed by atoms with van der Waals surface area (Å²) in [5.41, 5.74) is 0.128.